The first-order valence-electron chi connectivity index (χ1n) is 6.28. The third-order valence-corrected chi connectivity index (χ3v) is 3.12. The van der Waals surface area contributed by atoms with E-state index in [1.165, 1.54) is 25.1 Å². The maximum atomic E-state index is 4.32. The second-order valence-corrected chi connectivity index (χ2v) is 6.03. The van der Waals surface area contributed by atoms with Gasteiger partial charge in [0.15, 0.2) is 0 Å². The van der Waals surface area contributed by atoms with Crippen LogP contribution in [0.25, 0.3) is 0 Å². The smallest absolute Gasteiger partial charge is 0.0951 e. The van der Waals surface area contributed by atoms with Crippen LogP contribution in [-0.2, 0) is 6.42 Å². The van der Waals surface area contributed by atoms with Gasteiger partial charge in [-0.1, -0.05) is 20.8 Å². The Balaban J connectivity index is 2.11. The summed E-state index contributed by atoms with van der Waals surface area (Å²) in [5, 5.41) is 3.46. The molecule has 2 heterocycles. The predicted octanol–water partition coefficient (Wildman–Crippen LogP) is 2.40. The van der Waals surface area contributed by atoms with Crippen molar-refractivity contribution in [1.82, 2.24) is 14.9 Å². The van der Waals surface area contributed by atoms with Crippen LogP contribution in [0.4, 0.5) is 0 Å². The number of imidazole rings is 1. The van der Waals surface area contributed by atoms with Gasteiger partial charge in [-0.05, 0) is 31.2 Å². The van der Waals surface area contributed by atoms with Gasteiger partial charge in [-0.2, -0.15) is 0 Å². The first-order valence-corrected chi connectivity index (χ1v) is 6.28. The van der Waals surface area contributed by atoms with Crippen molar-refractivity contribution in [2.24, 2.45) is 5.41 Å². The molecule has 3 nitrogen and oxygen atoms in total. The first-order chi connectivity index (χ1) is 7.56. The molecular formula is C13H23N3. The molecule has 1 unspecified atom stereocenters. The molecule has 16 heavy (non-hydrogen) atoms. The van der Waals surface area contributed by atoms with Gasteiger partial charge < -0.3 is 9.88 Å². The highest BCUT2D eigenvalue weighted by Crippen LogP contribution is 2.24. The number of nitrogens with one attached hydrogen (secondary N) is 1. The molecule has 1 aliphatic rings. The lowest BCUT2D eigenvalue weighted by Gasteiger charge is -2.27. The van der Waals surface area contributed by atoms with Crippen molar-refractivity contribution in [1.29, 1.82) is 0 Å². The highest BCUT2D eigenvalue weighted by Gasteiger charge is 2.20. The number of nitrogens with zero attached hydrogens (tertiary/aromatic N) is 2. The lowest BCUT2D eigenvalue weighted by Crippen LogP contribution is -2.32. The molecule has 0 aliphatic carbocycles. The summed E-state index contributed by atoms with van der Waals surface area (Å²) in [6.07, 6.45) is 7.68. The van der Waals surface area contributed by atoms with Gasteiger partial charge in [-0.3, -0.25) is 0 Å². The van der Waals surface area contributed by atoms with Crippen LogP contribution in [0, 0.1) is 5.41 Å². The topological polar surface area (TPSA) is 29.9 Å². The van der Waals surface area contributed by atoms with Gasteiger partial charge in [0.2, 0.25) is 0 Å². The van der Waals surface area contributed by atoms with Crippen LogP contribution in [0.2, 0.25) is 0 Å². The minimum absolute atomic E-state index is 0.333. The third kappa shape index (κ3) is 2.85. The monoisotopic (exact) mass is 221 g/mol. The molecule has 0 saturated carbocycles. The molecule has 1 aromatic rings. The zero-order chi connectivity index (χ0) is 11.6. The second-order valence-electron chi connectivity index (χ2n) is 6.03. The van der Waals surface area contributed by atoms with Crippen LogP contribution in [0.3, 0.4) is 0 Å². The van der Waals surface area contributed by atoms with Crippen molar-refractivity contribution in [2.75, 3.05) is 13.1 Å². The molecule has 1 fully saturated rings. The molecule has 90 valence electrons. The summed E-state index contributed by atoms with van der Waals surface area (Å²) in [4.78, 5) is 4.32. The summed E-state index contributed by atoms with van der Waals surface area (Å²) < 4.78 is 2.37. The van der Waals surface area contributed by atoms with E-state index in [2.05, 4.69) is 35.6 Å². The predicted molar refractivity (Wildman–Crippen MR) is 66.5 cm³/mol. The Morgan fingerprint density at radius 2 is 2.31 bits per heavy atom. The molecule has 1 aliphatic heterocycles. The molecule has 1 aromatic heterocycles. The van der Waals surface area contributed by atoms with Gasteiger partial charge in [0, 0.05) is 24.5 Å². The van der Waals surface area contributed by atoms with E-state index in [-0.39, 0.29) is 0 Å². The molecular weight excluding hydrogens is 198 g/mol. The molecule has 0 spiro atoms. The summed E-state index contributed by atoms with van der Waals surface area (Å²) >= 11 is 0. The number of hydrogen-bond donors (Lipinski definition) is 1. The fraction of sp³-hybridized carbons (Fsp3) is 0.769. The molecule has 0 aromatic carbocycles. The SMILES string of the molecule is CC(C)(C)Cc1cncn1C1CCCNC1. The Morgan fingerprint density at radius 3 is 2.94 bits per heavy atom. The minimum Gasteiger partial charge on any atom is -0.330 e. The van der Waals surface area contributed by atoms with Crippen molar-refractivity contribution in [3.8, 4) is 0 Å². The van der Waals surface area contributed by atoms with Crippen LogP contribution >= 0.6 is 0 Å². The van der Waals surface area contributed by atoms with Crippen molar-refractivity contribution >= 4 is 0 Å². The molecule has 0 radical (unpaired) electrons. The van der Waals surface area contributed by atoms with Crippen molar-refractivity contribution in [3.05, 3.63) is 18.2 Å². The molecule has 1 N–H and O–H groups in total. The molecule has 0 amide bonds. The summed E-state index contributed by atoms with van der Waals surface area (Å²) in [5.41, 5.74) is 1.71. The van der Waals surface area contributed by atoms with Gasteiger partial charge in [-0.25, -0.2) is 4.98 Å². The third-order valence-electron chi connectivity index (χ3n) is 3.12. The zero-order valence-corrected chi connectivity index (χ0v) is 10.7. The molecule has 2 rings (SSSR count). The molecule has 1 saturated heterocycles. The van der Waals surface area contributed by atoms with Gasteiger partial charge in [0.1, 0.15) is 0 Å². The van der Waals surface area contributed by atoms with Crippen molar-refractivity contribution < 1.29 is 0 Å². The van der Waals surface area contributed by atoms with Crippen molar-refractivity contribution in [2.45, 2.75) is 46.1 Å². The Morgan fingerprint density at radius 1 is 1.50 bits per heavy atom. The fourth-order valence-electron chi connectivity index (χ4n) is 2.41. The van der Waals surface area contributed by atoms with Crippen molar-refractivity contribution in [3.63, 3.8) is 0 Å². The van der Waals surface area contributed by atoms with E-state index >= 15 is 0 Å². The van der Waals surface area contributed by atoms with Crippen LogP contribution in [0.1, 0.15) is 45.3 Å². The van der Waals surface area contributed by atoms with Gasteiger partial charge in [0.05, 0.1) is 6.33 Å². The Labute approximate surface area is 98.3 Å². The van der Waals surface area contributed by atoms with E-state index in [1.54, 1.807) is 0 Å². The minimum atomic E-state index is 0.333. The number of piperidine rings is 1. The average molecular weight is 221 g/mol. The highest BCUT2D eigenvalue weighted by molar-refractivity contribution is 5.03. The lowest BCUT2D eigenvalue weighted by molar-refractivity contribution is 0.343. The number of hydrogen-bond acceptors (Lipinski definition) is 2. The Hall–Kier alpha value is -0.830. The maximum absolute atomic E-state index is 4.32. The molecule has 1 atom stereocenters. The zero-order valence-electron chi connectivity index (χ0n) is 10.7. The quantitative estimate of drug-likeness (QED) is 0.831. The lowest BCUT2D eigenvalue weighted by atomic mass is 9.90. The van der Waals surface area contributed by atoms with Crippen LogP contribution in [0.15, 0.2) is 12.5 Å². The normalized spacial score (nSPS) is 22.3. The Bertz CT molecular complexity index is 329. The van der Waals surface area contributed by atoms with E-state index in [4.69, 9.17) is 0 Å². The van der Waals surface area contributed by atoms with Gasteiger partial charge in [0.25, 0.3) is 0 Å². The average Bonchev–Trinajstić information content (AvgIpc) is 2.64. The van der Waals surface area contributed by atoms with E-state index < -0.39 is 0 Å². The number of rotatable bonds is 2. The van der Waals surface area contributed by atoms with Crippen LogP contribution in [-0.4, -0.2) is 22.6 Å². The molecule has 0 bridgehead atoms. The van der Waals surface area contributed by atoms with Crippen LogP contribution < -0.4 is 5.32 Å². The van der Waals surface area contributed by atoms with E-state index in [0.717, 1.165) is 13.0 Å². The van der Waals surface area contributed by atoms with E-state index in [1.807, 2.05) is 12.5 Å². The first kappa shape index (κ1) is 11.6. The van der Waals surface area contributed by atoms with Crippen LogP contribution in [0.5, 0.6) is 0 Å². The fourth-order valence-corrected chi connectivity index (χ4v) is 2.41. The number of aromatic nitrogens is 2. The molecule has 3 heteroatoms. The summed E-state index contributed by atoms with van der Waals surface area (Å²) in [6, 6.07) is 0.605. The largest absolute Gasteiger partial charge is 0.330 e. The highest BCUT2D eigenvalue weighted by atomic mass is 15.1. The van der Waals surface area contributed by atoms with E-state index in [0.29, 0.717) is 11.5 Å². The van der Waals surface area contributed by atoms with Gasteiger partial charge >= 0.3 is 0 Å². The van der Waals surface area contributed by atoms with E-state index in [9.17, 15) is 0 Å². The second kappa shape index (κ2) is 4.58. The summed E-state index contributed by atoms with van der Waals surface area (Å²) in [5.74, 6) is 0. The standard InChI is InChI=1S/C13H23N3/c1-13(2,3)7-12-9-15-10-16(12)11-5-4-6-14-8-11/h9-11,14H,4-8H2,1-3H3. The summed E-state index contributed by atoms with van der Waals surface area (Å²) in [7, 11) is 0. The Kier molecular flexibility index (Phi) is 3.33. The maximum Gasteiger partial charge on any atom is 0.0951 e. The van der Waals surface area contributed by atoms with Gasteiger partial charge in [-0.15, -0.1) is 0 Å². The summed E-state index contributed by atoms with van der Waals surface area (Å²) in [6.45, 7) is 9.10.